The number of anilines is 1. The highest BCUT2D eigenvalue weighted by molar-refractivity contribution is 7.13. The number of carboxylic acids is 1. The first kappa shape index (κ1) is 14.7. The first-order chi connectivity index (χ1) is 10.2. The Morgan fingerprint density at radius 1 is 1.43 bits per heavy atom. The van der Waals surface area contributed by atoms with Crippen LogP contribution in [0.4, 0.5) is 5.13 Å². The zero-order valence-corrected chi connectivity index (χ0v) is 12.8. The lowest BCUT2D eigenvalue weighted by molar-refractivity contribution is -0.136. The number of carbonyl (C=O) groups is 1. The summed E-state index contributed by atoms with van der Waals surface area (Å²) < 4.78 is 5.41. The lowest BCUT2D eigenvalue weighted by Crippen LogP contribution is -2.44. The van der Waals surface area contributed by atoms with E-state index in [1.165, 1.54) is 6.42 Å². The predicted octanol–water partition coefficient (Wildman–Crippen LogP) is 1.07. The number of hydrogen-bond acceptors (Lipinski definition) is 6. The number of aliphatic carboxylic acids is 1. The molecule has 0 spiro atoms. The summed E-state index contributed by atoms with van der Waals surface area (Å²) in [5.74, 6) is -0.766. The minimum atomic E-state index is -0.766. The van der Waals surface area contributed by atoms with Crippen LogP contribution in [0.5, 0.6) is 0 Å². The van der Waals surface area contributed by atoms with Crippen LogP contribution in [0, 0.1) is 0 Å². The molecular weight excluding hydrogens is 290 g/mol. The van der Waals surface area contributed by atoms with Crippen molar-refractivity contribution >= 4 is 22.4 Å². The predicted molar refractivity (Wildman–Crippen MR) is 81.1 cm³/mol. The van der Waals surface area contributed by atoms with Crippen molar-refractivity contribution in [2.24, 2.45) is 0 Å². The number of rotatable bonds is 5. The van der Waals surface area contributed by atoms with Gasteiger partial charge in [-0.05, 0) is 6.42 Å². The number of aromatic nitrogens is 1. The van der Waals surface area contributed by atoms with Gasteiger partial charge >= 0.3 is 5.97 Å². The van der Waals surface area contributed by atoms with E-state index in [2.05, 4.69) is 14.8 Å². The zero-order valence-electron chi connectivity index (χ0n) is 12.0. The highest BCUT2D eigenvalue weighted by atomic mass is 32.1. The maximum Gasteiger partial charge on any atom is 0.303 e. The average Bonchev–Trinajstić information content (AvgIpc) is 3.15. The number of nitrogens with zero attached hydrogens (tertiary/aromatic N) is 3. The largest absolute Gasteiger partial charge is 0.481 e. The normalized spacial score (nSPS) is 23.6. The van der Waals surface area contributed by atoms with Crippen molar-refractivity contribution < 1.29 is 14.6 Å². The molecule has 1 aromatic heterocycles. The molecule has 1 atom stereocenters. The van der Waals surface area contributed by atoms with Crippen LogP contribution in [0.2, 0.25) is 0 Å². The smallest absolute Gasteiger partial charge is 0.303 e. The molecule has 3 heterocycles. The molecule has 0 radical (unpaired) electrons. The Morgan fingerprint density at radius 2 is 2.24 bits per heavy atom. The Kier molecular flexibility index (Phi) is 4.72. The number of hydrogen-bond donors (Lipinski definition) is 1. The van der Waals surface area contributed by atoms with Crippen molar-refractivity contribution in [3.63, 3.8) is 0 Å². The topological polar surface area (TPSA) is 65.9 Å². The van der Waals surface area contributed by atoms with Crippen LogP contribution in [0.15, 0.2) is 5.38 Å². The van der Waals surface area contributed by atoms with Gasteiger partial charge in [0.1, 0.15) is 0 Å². The second-order valence-electron chi connectivity index (χ2n) is 5.55. The summed E-state index contributed by atoms with van der Waals surface area (Å²) >= 11 is 1.63. The van der Waals surface area contributed by atoms with Crippen LogP contribution in [0.25, 0.3) is 0 Å². The SMILES string of the molecule is O=C(O)CCc1csc(N2CCC(N3CCOCC3)C2)n1. The van der Waals surface area contributed by atoms with E-state index in [1.807, 2.05) is 5.38 Å². The quantitative estimate of drug-likeness (QED) is 0.877. The van der Waals surface area contributed by atoms with Crippen molar-refractivity contribution in [3.8, 4) is 0 Å². The molecule has 2 aliphatic heterocycles. The van der Waals surface area contributed by atoms with Gasteiger partial charge in [-0.15, -0.1) is 11.3 Å². The fourth-order valence-corrected chi connectivity index (χ4v) is 3.84. The standard InChI is InChI=1S/C14H21N3O3S/c18-13(19)2-1-11-10-21-14(15-11)17-4-3-12(9-17)16-5-7-20-8-6-16/h10,12H,1-9H2,(H,18,19). The lowest BCUT2D eigenvalue weighted by Gasteiger charge is -2.32. The van der Waals surface area contributed by atoms with Gasteiger partial charge in [0.05, 0.1) is 25.3 Å². The van der Waals surface area contributed by atoms with Crippen LogP contribution < -0.4 is 4.90 Å². The number of morpholine rings is 1. The molecular formula is C14H21N3O3S. The van der Waals surface area contributed by atoms with E-state index in [0.717, 1.165) is 50.2 Å². The summed E-state index contributed by atoms with van der Waals surface area (Å²) in [4.78, 5) is 20.0. The maximum absolute atomic E-state index is 10.6. The van der Waals surface area contributed by atoms with Crippen molar-refractivity contribution in [2.75, 3.05) is 44.3 Å². The van der Waals surface area contributed by atoms with E-state index in [1.54, 1.807) is 11.3 Å². The van der Waals surface area contributed by atoms with Crippen molar-refractivity contribution in [3.05, 3.63) is 11.1 Å². The Bertz CT molecular complexity index is 488. The summed E-state index contributed by atoms with van der Waals surface area (Å²) in [5.41, 5.74) is 0.896. The molecule has 21 heavy (non-hydrogen) atoms. The van der Waals surface area contributed by atoms with Gasteiger partial charge in [-0.3, -0.25) is 9.69 Å². The van der Waals surface area contributed by atoms with Crippen molar-refractivity contribution in [1.29, 1.82) is 0 Å². The molecule has 6 nitrogen and oxygen atoms in total. The average molecular weight is 311 g/mol. The Balaban J connectivity index is 1.54. The van der Waals surface area contributed by atoms with E-state index in [0.29, 0.717) is 12.5 Å². The molecule has 7 heteroatoms. The maximum atomic E-state index is 10.6. The molecule has 2 saturated heterocycles. The minimum absolute atomic E-state index is 0.152. The third-order valence-electron chi connectivity index (χ3n) is 4.13. The summed E-state index contributed by atoms with van der Waals surface area (Å²) in [6, 6.07) is 0.597. The van der Waals surface area contributed by atoms with Gasteiger partial charge in [0.15, 0.2) is 5.13 Å². The Morgan fingerprint density at radius 3 is 3.00 bits per heavy atom. The van der Waals surface area contributed by atoms with Crippen LogP contribution >= 0.6 is 11.3 Å². The van der Waals surface area contributed by atoms with E-state index in [-0.39, 0.29) is 6.42 Å². The highest BCUT2D eigenvalue weighted by Gasteiger charge is 2.29. The molecule has 0 saturated carbocycles. The first-order valence-corrected chi connectivity index (χ1v) is 8.33. The summed E-state index contributed by atoms with van der Waals surface area (Å²) in [5, 5.41) is 11.7. The zero-order chi connectivity index (χ0) is 14.7. The lowest BCUT2D eigenvalue weighted by atomic mass is 10.2. The summed E-state index contributed by atoms with van der Waals surface area (Å²) in [6.07, 6.45) is 1.84. The third kappa shape index (κ3) is 3.72. The van der Waals surface area contributed by atoms with E-state index in [9.17, 15) is 4.79 Å². The van der Waals surface area contributed by atoms with Crippen LogP contribution in [-0.4, -0.2) is 66.4 Å². The monoisotopic (exact) mass is 311 g/mol. The molecule has 2 fully saturated rings. The molecule has 1 aromatic rings. The van der Waals surface area contributed by atoms with Gasteiger partial charge in [0, 0.05) is 44.0 Å². The molecule has 1 unspecified atom stereocenters. The molecule has 0 amide bonds. The van der Waals surface area contributed by atoms with Gasteiger partial charge in [-0.2, -0.15) is 0 Å². The van der Waals surface area contributed by atoms with Crippen LogP contribution in [0.3, 0.4) is 0 Å². The number of carboxylic acid groups (broad SMARTS) is 1. The van der Waals surface area contributed by atoms with E-state index < -0.39 is 5.97 Å². The number of ether oxygens (including phenoxy) is 1. The van der Waals surface area contributed by atoms with Crippen LogP contribution in [0.1, 0.15) is 18.5 Å². The highest BCUT2D eigenvalue weighted by Crippen LogP contribution is 2.27. The molecule has 0 bridgehead atoms. The van der Waals surface area contributed by atoms with Gasteiger partial charge < -0.3 is 14.7 Å². The van der Waals surface area contributed by atoms with Crippen molar-refractivity contribution in [2.45, 2.75) is 25.3 Å². The number of thiazole rings is 1. The molecule has 116 valence electrons. The number of aryl methyl sites for hydroxylation is 1. The van der Waals surface area contributed by atoms with Gasteiger partial charge in [0.2, 0.25) is 0 Å². The second-order valence-corrected chi connectivity index (χ2v) is 6.39. The fraction of sp³-hybridized carbons (Fsp3) is 0.714. The van der Waals surface area contributed by atoms with E-state index in [4.69, 9.17) is 9.84 Å². The third-order valence-corrected chi connectivity index (χ3v) is 5.08. The second kappa shape index (κ2) is 6.72. The minimum Gasteiger partial charge on any atom is -0.481 e. The molecule has 0 aromatic carbocycles. The van der Waals surface area contributed by atoms with E-state index >= 15 is 0 Å². The molecule has 0 aliphatic carbocycles. The Labute approximate surface area is 128 Å². The summed E-state index contributed by atoms with van der Waals surface area (Å²) in [6.45, 7) is 5.79. The molecule has 3 rings (SSSR count). The summed E-state index contributed by atoms with van der Waals surface area (Å²) in [7, 11) is 0. The van der Waals surface area contributed by atoms with Gasteiger partial charge in [0.25, 0.3) is 0 Å². The molecule has 2 aliphatic rings. The first-order valence-electron chi connectivity index (χ1n) is 7.45. The Hall–Kier alpha value is -1.18. The fourth-order valence-electron chi connectivity index (χ4n) is 2.95. The molecule has 1 N–H and O–H groups in total. The van der Waals surface area contributed by atoms with Gasteiger partial charge in [-0.1, -0.05) is 0 Å². The van der Waals surface area contributed by atoms with Crippen LogP contribution in [-0.2, 0) is 16.0 Å². The van der Waals surface area contributed by atoms with Crippen molar-refractivity contribution in [1.82, 2.24) is 9.88 Å². The van der Waals surface area contributed by atoms with Gasteiger partial charge in [-0.25, -0.2) is 4.98 Å².